The zero-order valence-corrected chi connectivity index (χ0v) is 14.3. The number of carboxylic acids is 3. The van der Waals surface area contributed by atoms with Crippen molar-refractivity contribution in [2.24, 2.45) is 0 Å². The lowest BCUT2D eigenvalue weighted by Crippen LogP contribution is -2.15. The van der Waals surface area contributed by atoms with Crippen LogP contribution in [0.3, 0.4) is 0 Å². The quantitative estimate of drug-likeness (QED) is 0.235. The average molecular weight is 384 g/mol. The standard InChI is InChI=1S/C3H8O3.3C3H4O2.C3H8O2/c4-1-3(6)2-5;3*1-2-3(4)5;4-2-1-3-5/h3-6H,1-2H2;3*2H,1H2,(H,4,5);4-5H,1-3H2. The Morgan fingerprint density at radius 3 is 0.885 bits per heavy atom. The lowest BCUT2D eigenvalue weighted by Gasteiger charge is -1.96. The summed E-state index contributed by atoms with van der Waals surface area (Å²) < 4.78 is 0. The average Bonchev–Trinajstić information content (AvgIpc) is 2.63. The van der Waals surface area contributed by atoms with Crippen LogP contribution in [0.25, 0.3) is 0 Å². The Bertz CT molecular complexity index is 318. The third-order valence-corrected chi connectivity index (χ3v) is 1.26. The smallest absolute Gasteiger partial charge is 0.327 e. The molecule has 26 heavy (non-hydrogen) atoms. The first-order valence-electron chi connectivity index (χ1n) is 6.71. The Hall–Kier alpha value is -2.57. The van der Waals surface area contributed by atoms with Crippen LogP contribution in [0.5, 0.6) is 0 Å². The summed E-state index contributed by atoms with van der Waals surface area (Å²) in [5.74, 6) is -2.94. The van der Waals surface area contributed by atoms with E-state index in [0.29, 0.717) is 6.42 Å². The van der Waals surface area contributed by atoms with Crippen LogP contribution in [0, 0.1) is 0 Å². The molecular weight excluding hydrogens is 356 g/mol. The van der Waals surface area contributed by atoms with Crippen LogP contribution in [0.4, 0.5) is 0 Å². The van der Waals surface area contributed by atoms with Gasteiger partial charge in [0.2, 0.25) is 0 Å². The van der Waals surface area contributed by atoms with Crippen LogP contribution < -0.4 is 0 Å². The predicted molar refractivity (Wildman–Crippen MR) is 92.5 cm³/mol. The van der Waals surface area contributed by atoms with Crippen LogP contribution in [0.15, 0.2) is 38.0 Å². The highest BCUT2D eigenvalue weighted by atomic mass is 16.4. The summed E-state index contributed by atoms with van der Waals surface area (Å²) >= 11 is 0. The normalized spacial score (nSPS) is 7.62. The van der Waals surface area contributed by atoms with Crippen LogP contribution in [0.2, 0.25) is 0 Å². The van der Waals surface area contributed by atoms with Gasteiger partial charge in [-0.2, -0.15) is 0 Å². The number of hydrogen-bond donors (Lipinski definition) is 8. The molecule has 0 aromatic carbocycles. The summed E-state index contributed by atoms with van der Waals surface area (Å²) in [5, 5.41) is 62.6. The number of hydrogen-bond acceptors (Lipinski definition) is 8. The molecule has 0 aliphatic heterocycles. The summed E-state index contributed by atoms with van der Waals surface area (Å²) in [4.78, 5) is 27.8. The second-order valence-electron chi connectivity index (χ2n) is 3.45. The van der Waals surface area contributed by atoms with E-state index < -0.39 is 24.0 Å². The molecule has 0 aromatic heterocycles. The van der Waals surface area contributed by atoms with E-state index in [0.717, 1.165) is 18.2 Å². The molecule has 0 saturated heterocycles. The Kier molecular flexibility index (Phi) is 45.3. The molecule has 0 aliphatic carbocycles. The van der Waals surface area contributed by atoms with Gasteiger partial charge < -0.3 is 40.9 Å². The van der Waals surface area contributed by atoms with Gasteiger partial charge in [0.05, 0.1) is 13.2 Å². The Morgan fingerprint density at radius 2 is 0.885 bits per heavy atom. The molecule has 0 bridgehead atoms. The fourth-order valence-electron chi connectivity index (χ4n) is 0.128. The van der Waals surface area contributed by atoms with E-state index >= 15 is 0 Å². The summed E-state index contributed by atoms with van der Waals surface area (Å²) in [6, 6.07) is 0. The van der Waals surface area contributed by atoms with Crippen molar-refractivity contribution in [1.29, 1.82) is 0 Å². The van der Waals surface area contributed by atoms with Gasteiger partial charge in [-0.3, -0.25) is 0 Å². The van der Waals surface area contributed by atoms with E-state index in [9.17, 15) is 14.4 Å². The topological polar surface area (TPSA) is 213 Å². The van der Waals surface area contributed by atoms with Gasteiger partial charge in [0.15, 0.2) is 0 Å². The minimum absolute atomic E-state index is 0.0938. The van der Waals surface area contributed by atoms with Gasteiger partial charge in [0, 0.05) is 31.4 Å². The molecule has 8 N–H and O–H groups in total. The van der Waals surface area contributed by atoms with E-state index in [2.05, 4.69) is 19.7 Å². The van der Waals surface area contributed by atoms with Crippen molar-refractivity contribution in [1.82, 2.24) is 0 Å². The minimum Gasteiger partial charge on any atom is -0.478 e. The summed E-state index contributed by atoms with van der Waals surface area (Å²) in [6.07, 6.45) is 2.05. The number of carbonyl (C=O) groups is 3. The van der Waals surface area contributed by atoms with Crippen molar-refractivity contribution in [3.63, 3.8) is 0 Å². The van der Waals surface area contributed by atoms with Gasteiger partial charge in [-0.05, 0) is 6.42 Å². The zero-order valence-electron chi connectivity index (χ0n) is 14.3. The molecule has 0 atom stereocenters. The highest BCUT2D eigenvalue weighted by molar-refractivity contribution is 5.79. The Labute approximate surface area is 151 Å². The first kappa shape index (κ1) is 34.7. The maximum absolute atomic E-state index is 9.25. The molecular formula is C15H28O11. The number of aliphatic hydroxyl groups is 5. The first-order chi connectivity index (χ1) is 12.0. The number of aliphatic hydroxyl groups excluding tert-OH is 5. The molecule has 0 radical (unpaired) electrons. The Morgan fingerprint density at radius 1 is 0.692 bits per heavy atom. The van der Waals surface area contributed by atoms with E-state index in [1.807, 2.05) is 0 Å². The maximum Gasteiger partial charge on any atom is 0.327 e. The van der Waals surface area contributed by atoms with Crippen molar-refractivity contribution in [2.75, 3.05) is 26.4 Å². The predicted octanol–water partition coefficient (Wildman–Crippen LogP) is -1.54. The van der Waals surface area contributed by atoms with Gasteiger partial charge in [-0.25, -0.2) is 14.4 Å². The van der Waals surface area contributed by atoms with Gasteiger partial charge in [0.25, 0.3) is 0 Å². The molecule has 0 aromatic rings. The molecule has 0 fully saturated rings. The maximum atomic E-state index is 9.25. The lowest BCUT2D eigenvalue weighted by molar-refractivity contribution is -0.132. The zero-order chi connectivity index (χ0) is 22.0. The van der Waals surface area contributed by atoms with Crippen molar-refractivity contribution in [2.45, 2.75) is 12.5 Å². The molecule has 0 rings (SSSR count). The largest absolute Gasteiger partial charge is 0.478 e. The molecule has 0 saturated carbocycles. The molecule has 0 amide bonds. The molecule has 0 unspecified atom stereocenters. The molecule has 0 spiro atoms. The third kappa shape index (κ3) is 101. The fraction of sp³-hybridized carbons (Fsp3) is 0.400. The third-order valence-electron chi connectivity index (χ3n) is 1.26. The summed E-state index contributed by atoms with van der Waals surface area (Å²) in [6.45, 7) is 8.34. The lowest BCUT2D eigenvalue weighted by atomic mass is 10.4. The van der Waals surface area contributed by atoms with Crippen molar-refractivity contribution in [3.05, 3.63) is 38.0 Å². The van der Waals surface area contributed by atoms with E-state index in [-0.39, 0.29) is 26.4 Å². The highest BCUT2D eigenvalue weighted by Gasteiger charge is 1.93. The molecule has 0 heterocycles. The summed E-state index contributed by atoms with van der Waals surface area (Å²) in [7, 11) is 0. The fourth-order valence-corrected chi connectivity index (χ4v) is 0.128. The van der Waals surface area contributed by atoms with E-state index in [4.69, 9.17) is 40.9 Å². The summed E-state index contributed by atoms with van der Waals surface area (Å²) in [5.41, 5.74) is 0. The van der Waals surface area contributed by atoms with Gasteiger partial charge in [-0.15, -0.1) is 0 Å². The second kappa shape index (κ2) is 33.9. The SMILES string of the molecule is C=CC(=O)O.C=CC(=O)O.C=CC(=O)O.OCC(O)CO.OCCCO. The number of carboxylic acid groups (broad SMARTS) is 3. The van der Waals surface area contributed by atoms with Crippen LogP contribution in [0.1, 0.15) is 6.42 Å². The van der Waals surface area contributed by atoms with Gasteiger partial charge in [-0.1, -0.05) is 19.7 Å². The number of aliphatic carboxylic acids is 3. The molecule has 11 heteroatoms. The van der Waals surface area contributed by atoms with Crippen molar-refractivity contribution >= 4 is 17.9 Å². The molecule has 11 nitrogen and oxygen atoms in total. The van der Waals surface area contributed by atoms with E-state index in [1.165, 1.54) is 0 Å². The van der Waals surface area contributed by atoms with Gasteiger partial charge >= 0.3 is 17.9 Å². The monoisotopic (exact) mass is 384 g/mol. The van der Waals surface area contributed by atoms with Crippen LogP contribution >= 0.6 is 0 Å². The molecule has 0 aliphatic rings. The first-order valence-corrected chi connectivity index (χ1v) is 6.71. The Balaban J connectivity index is -0.0000000708. The van der Waals surface area contributed by atoms with Crippen molar-refractivity contribution < 1.29 is 55.2 Å². The van der Waals surface area contributed by atoms with E-state index in [1.54, 1.807) is 0 Å². The van der Waals surface area contributed by atoms with Crippen LogP contribution in [-0.4, -0.2) is 91.3 Å². The minimum atomic E-state index is -0.981. The highest BCUT2D eigenvalue weighted by Crippen LogP contribution is 1.71. The second-order valence-corrected chi connectivity index (χ2v) is 3.45. The van der Waals surface area contributed by atoms with Crippen LogP contribution in [-0.2, 0) is 14.4 Å². The van der Waals surface area contributed by atoms with Gasteiger partial charge in [0.1, 0.15) is 6.10 Å². The molecule has 154 valence electrons. The number of rotatable bonds is 7. The van der Waals surface area contributed by atoms with Crippen molar-refractivity contribution in [3.8, 4) is 0 Å².